The second kappa shape index (κ2) is 6.36. The van der Waals surface area contributed by atoms with Gasteiger partial charge in [-0.3, -0.25) is 9.59 Å². The lowest BCUT2D eigenvalue weighted by atomic mass is 9.76. The van der Waals surface area contributed by atoms with Crippen LogP contribution in [0.25, 0.3) is 0 Å². The third kappa shape index (κ3) is 2.77. The Balaban J connectivity index is 1.67. The van der Waals surface area contributed by atoms with E-state index in [1.807, 2.05) is 6.07 Å². The number of fused-ring (bicyclic) bond motifs is 3. The summed E-state index contributed by atoms with van der Waals surface area (Å²) in [6, 6.07) is 10.3. The summed E-state index contributed by atoms with van der Waals surface area (Å²) in [5.74, 6) is 0.613. The number of benzene rings is 2. The minimum absolute atomic E-state index is 0.0949. The van der Waals surface area contributed by atoms with Crippen LogP contribution in [-0.2, 0) is 4.79 Å². The van der Waals surface area contributed by atoms with Gasteiger partial charge in [-0.1, -0.05) is 18.6 Å². The van der Waals surface area contributed by atoms with Crippen LogP contribution in [0.3, 0.4) is 0 Å². The van der Waals surface area contributed by atoms with Gasteiger partial charge in [0, 0.05) is 11.5 Å². The maximum atomic E-state index is 13.0. The second-order valence-electron chi connectivity index (χ2n) is 8.13. The highest BCUT2D eigenvalue weighted by Gasteiger charge is 2.44. The molecule has 2 aromatic rings. The molecule has 0 saturated heterocycles. The third-order valence-corrected chi connectivity index (χ3v) is 6.24. The smallest absolute Gasteiger partial charge is 0.312 e. The normalized spacial score (nSPS) is 22.8. The Kier molecular flexibility index (Phi) is 3.93. The summed E-state index contributed by atoms with van der Waals surface area (Å²) in [6.07, 6.45) is 5.59. The van der Waals surface area contributed by atoms with Gasteiger partial charge in [0.2, 0.25) is 0 Å². The number of carbonyl (C=O) groups is 2. The van der Waals surface area contributed by atoms with Crippen molar-refractivity contribution in [3.05, 3.63) is 53.1 Å². The van der Waals surface area contributed by atoms with Gasteiger partial charge in [0.25, 0.3) is 0 Å². The first-order chi connectivity index (χ1) is 13.5. The average Bonchev–Trinajstić information content (AvgIpc) is 2.67. The maximum absolute atomic E-state index is 13.0. The Hall–Kier alpha value is -2.82. The fourth-order valence-corrected chi connectivity index (χ4v) is 4.90. The van der Waals surface area contributed by atoms with Gasteiger partial charge in [0.15, 0.2) is 5.78 Å². The first-order valence-electron chi connectivity index (χ1n) is 9.93. The molecule has 28 heavy (non-hydrogen) atoms. The Morgan fingerprint density at radius 2 is 1.86 bits per heavy atom. The number of ether oxygens (including phenoxy) is 2. The molecule has 2 aromatic carbocycles. The molecule has 0 radical (unpaired) electrons. The highest BCUT2D eigenvalue weighted by atomic mass is 16.5. The van der Waals surface area contributed by atoms with Crippen molar-refractivity contribution in [1.82, 2.24) is 0 Å². The van der Waals surface area contributed by atoms with Crippen molar-refractivity contribution in [2.75, 3.05) is 0 Å². The minimum atomic E-state index is -0.442. The Bertz CT molecular complexity index is 971. The topological polar surface area (TPSA) is 72.8 Å². The zero-order valence-corrected chi connectivity index (χ0v) is 15.6. The SMILES string of the molecule is O=C1CC(c2cccc(O)c2)c2c(ccc3c2OC2(CCCCC2)CC3=O)O1. The van der Waals surface area contributed by atoms with E-state index in [0.29, 0.717) is 23.5 Å². The lowest BCUT2D eigenvalue weighted by Gasteiger charge is -2.42. The molecular weight excluding hydrogens is 356 g/mol. The molecule has 2 heterocycles. The molecule has 1 saturated carbocycles. The van der Waals surface area contributed by atoms with E-state index in [4.69, 9.17) is 9.47 Å². The van der Waals surface area contributed by atoms with Gasteiger partial charge in [-0.25, -0.2) is 0 Å². The third-order valence-electron chi connectivity index (χ3n) is 6.24. The molecule has 3 aliphatic rings. The van der Waals surface area contributed by atoms with Crippen LogP contribution in [0.4, 0.5) is 0 Å². The van der Waals surface area contributed by atoms with Crippen LogP contribution in [0, 0.1) is 0 Å². The van der Waals surface area contributed by atoms with Gasteiger partial charge in [-0.05, 0) is 55.5 Å². The van der Waals surface area contributed by atoms with Crippen LogP contribution in [-0.4, -0.2) is 22.5 Å². The summed E-state index contributed by atoms with van der Waals surface area (Å²) in [7, 11) is 0. The summed E-state index contributed by atoms with van der Waals surface area (Å²) < 4.78 is 12.1. The van der Waals surface area contributed by atoms with E-state index < -0.39 is 5.60 Å². The molecule has 0 bridgehead atoms. The lowest BCUT2D eigenvalue weighted by Crippen LogP contribution is -2.44. The molecule has 1 N–H and O–H groups in total. The molecule has 1 spiro atoms. The van der Waals surface area contributed by atoms with E-state index in [0.717, 1.165) is 36.8 Å². The number of ketones is 1. The molecule has 5 heteroatoms. The van der Waals surface area contributed by atoms with Gasteiger partial charge in [-0.15, -0.1) is 0 Å². The molecule has 0 amide bonds. The number of phenolic OH excluding ortho intramolecular Hbond substituents is 1. The van der Waals surface area contributed by atoms with Crippen molar-refractivity contribution in [1.29, 1.82) is 0 Å². The van der Waals surface area contributed by atoms with Crippen molar-refractivity contribution in [3.8, 4) is 17.2 Å². The van der Waals surface area contributed by atoms with Gasteiger partial charge in [0.05, 0.1) is 18.4 Å². The quantitative estimate of drug-likeness (QED) is 0.584. The van der Waals surface area contributed by atoms with Crippen molar-refractivity contribution >= 4 is 11.8 Å². The average molecular weight is 378 g/mol. The van der Waals surface area contributed by atoms with Crippen LogP contribution in [0.15, 0.2) is 36.4 Å². The fraction of sp³-hybridized carbons (Fsp3) is 0.391. The molecular formula is C23H22O5. The molecule has 1 atom stereocenters. The number of phenols is 1. The Morgan fingerprint density at radius 3 is 2.64 bits per heavy atom. The largest absolute Gasteiger partial charge is 0.508 e. The van der Waals surface area contributed by atoms with Crippen LogP contribution >= 0.6 is 0 Å². The number of Topliss-reactive ketones (excluding diaryl/α,β-unsaturated/α-hetero) is 1. The van der Waals surface area contributed by atoms with E-state index in [1.165, 1.54) is 6.42 Å². The van der Waals surface area contributed by atoms with E-state index in [9.17, 15) is 14.7 Å². The van der Waals surface area contributed by atoms with Gasteiger partial charge < -0.3 is 14.6 Å². The summed E-state index contributed by atoms with van der Waals surface area (Å²) >= 11 is 0. The molecule has 1 fully saturated rings. The number of aromatic hydroxyl groups is 1. The van der Waals surface area contributed by atoms with Gasteiger partial charge in [-0.2, -0.15) is 0 Å². The van der Waals surface area contributed by atoms with Gasteiger partial charge >= 0.3 is 5.97 Å². The number of hydrogen-bond acceptors (Lipinski definition) is 5. The zero-order chi connectivity index (χ0) is 19.3. The van der Waals surface area contributed by atoms with Crippen LogP contribution in [0.1, 0.15) is 72.3 Å². The van der Waals surface area contributed by atoms with E-state index in [2.05, 4.69) is 0 Å². The summed E-state index contributed by atoms with van der Waals surface area (Å²) in [6.45, 7) is 0. The van der Waals surface area contributed by atoms with Crippen molar-refractivity contribution in [2.24, 2.45) is 0 Å². The molecule has 5 nitrogen and oxygen atoms in total. The molecule has 2 aliphatic heterocycles. The highest BCUT2D eigenvalue weighted by Crippen LogP contribution is 2.51. The maximum Gasteiger partial charge on any atom is 0.312 e. The predicted octanol–water partition coefficient (Wildman–Crippen LogP) is 4.50. The Morgan fingerprint density at radius 1 is 1.04 bits per heavy atom. The van der Waals surface area contributed by atoms with Crippen LogP contribution < -0.4 is 9.47 Å². The fourth-order valence-electron chi connectivity index (χ4n) is 4.90. The zero-order valence-electron chi connectivity index (χ0n) is 15.6. The molecule has 1 aliphatic carbocycles. The predicted molar refractivity (Wildman–Crippen MR) is 102 cm³/mol. The van der Waals surface area contributed by atoms with Gasteiger partial charge in [0.1, 0.15) is 22.8 Å². The summed E-state index contributed by atoms with van der Waals surface area (Å²) in [5, 5.41) is 9.94. The Labute approximate surface area is 163 Å². The van der Waals surface area contributed by atoms with Crippen LogP contribution in [0.5, 0.6) is 17.2 Å². The van der Waals surface area contributed by atoms with E-state index in [-0.39, 0.29) is 29.8 Å². The number of esters is 1. The van der Waals surface area contributed by atoms with Crippen molar-refractivity contribution in [2.45, 2.75) is 56.5 Å². The van der Waals surface area contributed by atoms with E-state index in [1.54, 1.807) is 30.3 Å². The molecule has 144 valence electrons. The second-order valence-corrected chi connectivity index (χ2v) is 8.13. The molecule has 5 rings (SSSR count). The summed E-state index contributed by atoms with van der Waals surface area (Å²) in [4.78, 5) is 25.2. The number of carbonyl (C=O) groups excluding carboxylic acids is 2. The van der Waals surface area contributed by atoms with Crippen molar-refractivity contribution < 1.29 is 24.2 Å². The highest BCUT2D eigenvalue weighted by molar-refractivity contribution is 6.01. The monoisotopic (exact) mass is 378 g/mol. The van der Waals surface area contributed by atoms with E-state index >= 15 is 0 Å². The first-order valence-corrected chi connectivity index (χ1v) is 9.93. The first kappa shape index (κ1) is 17.3. The minimum Gasteiger partial charge on any atom is -0.508 e. The number of rotatable bonds is 1. The summed E-state index contributed by atoms with van der Waals surface area (Å²) in [5.41, 5.74) is 1.69. The number of hydrogen-bond donors (Lipinski definition) is 1. The molecule has 0 aromatic heterocycles. The van der Waals surface area contributed by atoms with Crippen molar-refractivity contribution in [3.63, 3.8) is 0 Å². The lowest BCUT2D eigenvalue weighted by molar-refractivity contribution is -0.135. The standard InChI is InChI=1S/C23H22O5/c24-15-6-4-5-14(11-15)17-12-20(26)27-19-8-7-16-18(25)13-23(9-2-1-3-10-23)28-22(16)21(17)19/h4-8,11,17,24H,1-3,9-10,12-13H2. The molecule has 1 unspecified atom stereocenters. The van der Waals surface area contributed by atoms with Crippen LogP contribution in [0.2, 0.25) is 0 Å².